The van der Waals surface area contributed by atoms with Gasteiger partial charge in [0, 0.05) is 13.1 Å². The summed E-state index contributed by atoms with van der Waals surface area (Å²) in [5, 5.41) is 3.67. The van der Waals surface area contributed by atoms with E-state index in [0.29, 0.717) is 10.8 Å². The summed E-state index contributed by atoms with van der Waals surface area (Å²) in [6.45, 7) is 15.9. The lowest BCUT2D eigenvalue weighted by Crippen LogP contribution is -2.46. The minimum absolute atomic E-state index is 0.553. The Kier molecular flexibility index (Phi) is 6.14. The molecule has 0 aromatic heterocycles. The minimum atomic E-state index is 0.553. The first kappa shape index (κ1) is 17.3. The van der Waals surface area contributed by atoms with Crippen LogP contribution in [0.2, 0.25) is 0 Å². The molecule has 2 heteroatoms. The van der Waals surface area contributed by atoms with Crippen LogP contribution in [-0.4, -0.2) is 37.6 Å². The fourth-order valence-corrected chi connectivity index (χ4v) is 4.27. The highest BCUT2D eigenvalue weighted by Gasteiger charge is 2.36. The molecule has 2 nitrogen and oxygen atoms in total. The molecule has 1 saturated carbocycles. The smallest absolute Gasteiger partial charge is 0.00501 e. The Morgan fingerprint density at radius 3 is 2.43 bits per heavy atom. The van der Waals surface area contributed by atoms with Crippen LogP contribution in [0.3, 0.4) is 0 Å². The summed E-state index contributed by atoms with van der Waals surface area (Å²) in [7, 11) is 0. The topological polar surface area (TPSA) is 15.3 Å². The first-order chi connectivity index (χ1) is 9.95. The number of hydrogen-bond donors (Lipinski definition) is 1. The van der Waals surface area contributed by atoms with E-state index in [1.807, 2.05) is 0 Å². The standard InChI is InChI=1S/C19H38N2/c1-5-20-15-19(10-7-17(2)8-11-19)16-21-13-6-9-18(3,4)12-14-21/h17,20H,5-16H2,1-4H3. The molecule has 0 amide bonds. The second-order valence-corrected chi connectivity index (χ2v) is 8.76. The zero-order valence-corrected chi connectivity index (χ0v) is 15.0. The van der Waals surface area contributed by atoms with E-state index in [1.54, 1.807) is 0 Å². The van der Waals surface area contributed by atoms with Crippen molar-refractivity contribution >= 4 is 0 Å². The van der Waals surface area contributed by atoms with Crippen LogP contribution in [0.1, 0.15) is 72.6 Å². The van der Waals surface area contributed by atoms with Gasteiger partial charge in [-0.25, -0.2) is 0 Å². The Bertz CT molecular complexity index is 297. The van der Waals surface area contributed by atoms with Crippen molar-refractivity contribution in [3.63, 3.8) is 0 Å². The van der Waals surface area contributed by atoms with Crippen molar-refractivity contribution in [1.82, 2.24) is 10.2 Å². The third-order valence-electron chi connectivity index (χ3n) is 6.08. The largest absolute Gasteiger partial charge is 0.316 e. The zero-order valence-electron chi connectivity index (χ0n) is 15.0. The van der Waals surface area contributed by atoms with Gasteiger partial charge in [0.05, 0.1) is 0 Å². The van der Waals surface area contributed by atoms with Crippen LogP contribution in [0.25, 0.3) is 0 Å². The van der Waals surface area contributed by atoms with Crippen LogP contribution in [0.15, 0.2) is 0 Å². The normalized spacial score (nSPS) is 34.6. The van der Waals surface area contributed by atoms with Gasteiger partial charge in [0.2, 0.25) is 0 Å². The fraction of sp³-hybridized carbons (Fsp3) is 1.00. The van der Waals surface area contributed by atoms with Gasteiger partial charge in [0.1, 0.15) is 0 Å². The lowest BCUT2D eigenvalue weighted by Gasteiger charge is -2.43. The summed E-state index contributed by atoms with van der Waals surface area (Å²) in [6.07, 6.45) is 9.90. The van der Waals surface area contributed by atoms with Gasteiger partial charge in [-0.1, -0.05) is 40.5 Å². The number of nitrogens with one attached hydrogen (secondary N) is 1. The van der Waals surface area contributed by atoms with E-state index in [4.69, 9.17) is 0 Å². The van der Waals surface area contributed by atoms with Gasteiger partial charge in [-0.15, -0.1) is 0 Å². The van der Waals surface area contributed by atoms with Crippen LogP contribution in [0.5, 0.6) is 0 Å². The van der Waals surface area contributed by atoms with E-state index in [0.717, 1.165) is 12.5 Å². The van der Waals surface area contributed by atoms with Crippen molar-refractivity contribution in [1.29, 1.82) is 0 Å². The van der Waals surface area contributed by atoms with Crippen LogP contribution in [-0.2, 0) is 0 Å². The van der Waals surface area contributed by atoms with Crippen molar-refractivity contribution in [2.75, 3.05) is 32.7 Å². The summed E-state index contributed by atoms with van der Waals surface area (Å²) in [6, 6.07) is 0. The number of rotatable bonds is 5. The third kappa shape index (κ3) is 5.25. The van der Waals surface area contributed by atoms with Crippen molar-refractivity contribution < 1.29 is 0 Å². The summed E-state index contributed by atoms with van der Waals surface area (Å²) in [5.41, 5.74) is 1.11. The van der Waals surface area contributed by atoms with Crippen LogP contribution in [0.4, 0.5) is 0 Å². The second-order valence-electron chi connectivity index (χ2n) is 8.76. The van der Waals surface area contributed by atoms with E-state index in [1.165, 1.54) is 71.1 Å². The molecule has 2 aliphatic rings. The molecule has 1 saturated heterocycles. The first-order valence-electron chi connectivity index (χ1n) is 9.38. The molecule has 1 aliphatic carbocycles. The van der Waals surface area contributed by atoms with Gasteiger partial charge >= 0.3 is 0 Å². The van der Waals surface area contributed by atoms with Crippen molar-refractivity contribution in [2.24, 2.45) is 16.7 Å². The maximum atomic E-state index is 3.67. The van der Waals surface area contributed by atoms with E-state index in [-0.39, 0.29) is 0 Å². The Labute approximate surface area is 133 Å². The maximum Gasteiger partial charge on any atom is 0.00501 e. The van der Waals surface area contributed by atoms with Gasteiger partial charge in [-0.3, -0.25) is 0 Å². The van der Waals surface area contributed by atoms with Gasteiger partial charge in [0.25, 0.3) is 0 Å². The molecule has 0 aromatic rings. The highest BCUT2D eigenvalue weighted by molar-refractivity contribution is 4.90. The molecular formula is C19H38N2. The molecule has 0 spiro atoms. The van der Waals surface area contributed by atoms with E-state index >= 15 is 0 Å². The second kappa shape index (κ2) is 7.46. The molecule has 0 radical (unpaired) electrons. The Hall–Kier alpha value is -0.0800. The third-order valence-corrected chi connectivity index (χ3v) is 6.08. The monoisotopic (exact) mass is 294 g/mol. The van der Waals surface area contributed by atoms with Gasteiger partial charge in [0.15, 0.2) is 0 Å². The number of nitrogens with zero attached hydrogens (tertiary/aromatic N) is 1. The molecule has 21 heavy (non-hydrogen) atoms. The predicted octanol–water partition coefficient (Wildman–Crippen LogP) is 4.30. The van der Waals surface area contributed by atoms with Crippen molar-refractivity contribution in [3.8, 4) is 0 Å². The zero-order chi connectivity index (χ0) is 15.3. The van der Waals surface area contributed by atoms with Gasteiger partial charge in [-0.05, 0) is 68.5 Å². The molecular weight excluding hydrogens is 256 g/mol. The van der Waals surface area contributed by atoms with Crippen LogP contribution < -0.4 is 5.32 Å². The molecule has 2 fully saturated rings. The molecule has 1 aliphatic heterocycles. The quantitative estimate of drug-likeness (QED) is 0.813. The Morgan fingerprint density at radius 2 is 1.76 bits per heavy atom. The lowest BCUT2D eigenvalue weighted by molar-refractivity contribution is 0.0869. The highest BCUT2D eigenvalue weighted by atomic mass is 15.1. The first-order valence-corrected chi connectivity index (χ1v) is 9.38. The predicted molar refractivity (Wildman–Crippen MR) is 92.7 cm³/mol. The molecule has 2 rings (SSSR count). The molecule has 1 N–H and O–H groups in total. The van der Waals surface area contributed by atoms with Crippen LogP contribution >= 0.6 is 0 Å². The average molecular weight is 295 g/mol. The van der Waals surface area contributed by atoms with E-state index < -0.39 is 0 Å². The molecule has 124 valence electrons. The summed E-state index contributed by atoms with van der Waals surface area (Å²) >= 11 is 0. The van der Waals surface area contributed by atoms with Gasteiger partial charge in [-0.2, -0.15) is 0 Å². The summed E-state index contributed by atoms with van der Waals surface area (Å²) < 4.78 is 0. The SMILES string of the molecule is CCNCC1(CN2CCCC(C)(C)CC2)CCC(C)CC1. The number of hydrogen-bond acceptors (Lipinski definition) is 2. The van der Waals surface area contributed by atoms with E-state index in [9.17, 15) is 0 Å². The summed E-state index contributed by atoms with van der Waals surface area (Å²) in [5.74, 6) is 0.947. The average Bonchev–Trinajstić information content (AvgIpc) is 2.61. The fourth-order valence-electron chi connectivity index (χ4n) is 4.27. The van der Waals surface area contributed by atoms with Crippen LogP contribution in [0, 0.1) is 16.7 Å². The molecule has 0 atom stereocenters. The molecule has 0 bridgehead atoms. The van der Waals surface area contributed by atoms with Crippen molar-refractivity contribution in [2.45, 2.75) is 72.6 Å². The Morgan fingerprint density at radius 1 is 1.05 bits per heavy atom. The van der Waals surface area contributed by atoms with Gasteiger partial charge < -0.3 is 10.2 Å². The molecule has 0 aromatic carbocycles. The Balaban J connectivity index is 1.94. The molecule has 0 unspecified atom stereocenters. The minimum Gasteiger partial charge on any atom is -0.316 e. The lowest BCUT2D eigenvalue weighted by atomic mass is 9.70. The van der Waals surface area contributed by atoms with E-state index in [2.05, 4.69) is 37.9 Å². The summed E-state index contributed by atoms with van der Waals surface area (Å²) in [4.78, 5) is 2.79. The van der Waals surface area contributed by atoms with Crippen molar-refractivity contribution in [3.05, 3.63) is 0 Å². The highest BCUT2D eigenvalue weighted by Crippen LogP contribution is 2.40. The molecule has 1 heterocycles. The maximum absolute atomic E-state index is 3.67. The number of likely N-dealkylation sites (tertiary alicyclic amines) is 1.